The van der Waals surface area contributed by atoms with E-state index in [0.717, 1.165) is 47.5 Å². The van der Waals surface area contributed by atoms with E-state index >= 15 is 0 Å². The largest absolute Gasteiger partial charge is 0.322 e. The second kappa shape index (κ2) is 11.9. The second-order valence-corrected chi connectivity index (χ2v) is 10.3. The fourth-order valence-electron chi connectivity index (χ4n) is 3.89. The predicted molar refractivity (Wildman–Crippen MR) is 147 cm³/mol. The van der Waals surface area contributed by atoms with Crippen LogP contribution < -0.4 is 10.6 Å². The van der Waals surface area contributed by atoms with E-state index in [4.69, 9.17) is 5.10 Å². The van der Waals surface area contributed by atoms with Crippen LogP contribution in [-0.2, 0) is 10.2 Å². The van der Waals surface area contributed by atoms with Crippen LogP contribution in [-0.4, -0.2) is 39.7 Å². The standard InChI is InChI=1S/C29H39N5O2/c1-7-8-13-18-33(28(36)30-23-16-11-9-14-21(23)2)20-27(35)31-26-19-25(29(4,5)6)32-34(26)24-17-12-10-15-22(24)3/h9-12,14-17,19H,7-8,13,18,20H2,1-6H3,(H,30,36)(H,31,35). The maximum Gasteiger partial charge on any atom is 0.322 e. The highest BCUT2D eigenvalue weighted by atomic mass is 16.2. The normalized spacial score (nSPS) is 11.3. The van der Waals surface area contributed by atoms with Gasteiger partial charge in [-0.1, -0.05) is 76.9 Å². The van der Waals surface area contributed by atoms with E-state index in [1.165, 1.54) is 0 Å². The molecule has 0 radical (unpaired) electrons. The second-order valence-electron chi connectivity index (χ2n) is 10.3. The molecular weight excluding hydrogens is 450 g/mol. The van der Waals surface area contributed by atoms with E-state index in [9.17, 15) is 9.59 Å². The number of carbonyl (C=O) groups is 2. The molecule has 36 heavy (non-hydrogen) atoms. The minimum absolute atomic E-state index is 0.0504. The zero-order valence-electron chi connectivity index (χ0n) is 22.4. The lowest BCUT2D eigenvalue weighted by atomic mass is 9.92. The fraction of sp³-hybridized carbons (Fsp3) is 0.414. The van der Waals surface area contributed by atoms with Crippen molar-refractivity contribution in [1.29, 1.82) is 0 Å². The smallest absolute Gasteiger partial charge is 0.315 e. The van der Waals surface area contributed by atoms with Crippen LogP contribution in [0.3, 0.4) is 0 Å². The molecule has 2 N–H and O–H groups in total. The fourth-order valence-corrected chi connectivity index (χ4v) is 3.89. The number of aromatic nitrogens is 2. The molecule has 1 aromatic heterocycles. The highest BCUT2D eigenvalue weighted by Gasteiger charge is 2.23. The summed E-state index contributed by atoms with van der Waals surface area (Å²) >= 11 is 0. The molecule has 2 aromatic carbocycles. The number of nitrogens with one attached hydrogen (secondary N) is 2. The molecule has 0 aliphatic carbocycles. The number of para-hydroxylation sites is 2. The Balaban J connectivity index is 1.82. The summed E-state index contributed by atoms with van der Waals surface area (Å²) in [7, 11) is 0. The predicted octanol–water partition coefficient (Wildman–Crippen LogP) is 6.45. The molecular formula is C29H39N5O2. The van der Waals surface area contributed by atoms with Gasteiger partial charge < -0.3 is 15.5 Å². The first kappa shape index (κ1) is 27.0. The van der Waals surface area contributed by atoms with E-state index < -0.39 is 0 Å². The number of aryl methyl sites for hydroxylation is 2. The molecule has 3 aromatic rings. The molecule has 0 aliphatic rings. The quantitative estimate of drug-likeness (QED) is 0.339. The van der Waals surface area contributed by atoms with Gasteiger partial charge in [-0.25, -0.2) is 9.48 Å². The SMILES string of the molecule is CCCCCN(CC(=O)Nc1cc(C(C)(C)C)nn1-c1ccccc1C)C(=O)Nc1ccccc1C. The molecule has 0 fully saturated rings. The van der Waals surface area contributed by atoms with Crippen molar-refractivity contribution in [2.75, 3.05) is 23.7 Å². The van der Waals surface area contributed by atoms with Crippen LogP contribution in [0.2, 0.25) is 0 Å². The molecule has 0 atom stereocenters. The number of benzene rings is 2. The first-order valence-electron chi connectivity index (χ1n) is 12.7. The van der Waals surface area contributed by atoms with Gasteiger partial charge in [-0.15, -0.1) is 0 Å². The van der Waals surface area contributed by atoms with Crippen molar-refractivity contribution in [3.05, 3.63) is 71.4 Å². The number of nitrogens with zero attached hydrogens (tertiary/aromatic N) is 3. The van der Waals surface area contributed by atoms with Gasteiger partial charge in [0.05, 0.1) is 11.4 Å². The Morgan fingerprint density at radius 2 is 1.61 bits per heavy atom. The van der Waals surface area contributed by atoms with Crippen LogP contribution in [0.5, 0.6) is 0 Å². The summed E-state index contributed by atoms with van der Waals surface area (Å²) in [5.41, 5.74) is 4.36. The van der Waals surface area contributed by atoms with Crippen molar-refractivity contribution < 1.29 is 9.59 Å². The molecule has 0 spiro atoms. The average molecular weight is 490 g/mol. The average Bonchev–Trinajstić information content (AvgIpc) is 3.24. The molecule has 7 heteroatoms. The van der Waals surface area contributed by atoms with Gasteiger partial charge in [0.15, 0.2) is 0 Å². The van der Waals surface area contributed by atoms with Crippen LogP contribution in [0.25, 0.3) is 5.69 Å². The third-order valence-electron chi connectivity index (χ3n) is 6.13. The lowest BCUT2D eigenvalue weighted by Gasteiger charge is -2.23. The van der Waals surface area contributed by atoms with Crippen molar-refractivity contribution in [3.8, 4) is 5.69 Å². The van der Waals surface area contributed by atoms with Crippen LogP contribution in [0.15, 0.2) is 54.6 Å². The van der Waals surface area contributed by atoms with Crippen LogP contribution in [0.4, 0.5) is 16.3 Å². The number of rotatable bonds is 9. The topological polar surface area (TPSA) is 79.3 Å². The third kappa shape index (κ3) is 6.97. The zero-order chi connectivity index (χ0) is 26.3. The van der Waals surface area contributed by atoms with E-state index in [-0.39, 0.29) is 23.9 Å². The minimum atomic E-state index is -0.279. The summed E-state index contributed by atoms with van der Waals surface area (Å²) in [5, 5.41) is 10.8. The molecule has 3 amide bonds. The monoisotopic (exact) mass is 489 g/mol. The van der Waals surface area contributed by atoms with Gasteiger partial charge in [0.2, 0.25) is 5.91 Å². The number of anilines is 2. The van der Waals surface area contributed by atoms with Gasteiger partial charge in [0, 0.05) is 23.7 Å². The number of urea groups is 1. The summed E-state index contributed by atoms with van der Waals surface area (Å²) < 4.78 is 1.78. The highest BCUT2D eigenvalue weighted by molar-refractivity contribution is 5.97. The van der Waals surface area contributed by atoms with Crippen molar-refractivity contribution in [1.82, 2.24) is 14.7 Å². The molecule has 0 unspecified atom stereocenters. The Morgan fingerprint density at radius 3 is 2.25 bits per heavy atom. The Bertz CT molecular complexity index is 1190. The summed E-state index contributed by atoms with van der Waals surface area (Å²) in [6.07, 6.45) is 2.86. The van der Waals surface area contributed by atoms with Gasteiger partial charge in [0.25, 0.3) is 0 Å². The summed E-state index contributed by atoms with van der Waals surface area (Å²) in [4.78, 5) is 27.9. The number of unbranched alkanes of at least 4 members (excludes halogenated alkanes) is 2. The number of amides is 3. The zero-order valence-corrected chi connectivity index (χ0v) is 22.4. The van der Waals surface area contributed by atoms with Crippen molar-refractivity contribution >= 4 is 23.4 Å². The molecule has 1 heterocycles. The lowest BCUT2D eigenvalue weighted by molar-refractivity contribution is -0.116. The molecule has 0 saturated heterocycles. The van der Waals surface area contributed by atoms with Crippen LogP contribution in [0.1, 0.15) is 63.8 Å². The Morgan fingerprint density at radius 1 is 0.944 bits per heavy atom. The first-order chi connectivity index (χ1) is 17.1. The molecule has 0 saturated carbocycles. The van der Waals surface area contributed by atoms with Gasteiger partial charge >= 0.3 is 6.03 Å². The number of hydrogen-bond acceptors (Lipinski definition) is 3. The molecule has 3 rings (SSSR count). The number of carbonyl (C=O) groups excluding carboxylic acids is 2. The minimum Gasteiger partial charge on any atom is -0.315 e. The Hall–Kier alpha value is -3.61. The van der Waals surface area contributed by atoms with E-state index in [1.54, 1.807) is 9.58 Å². The van der Waals surface area contributed by atoms with Crippen molar-refractivity contribution in [2.24, 2.45) is 0 Å². The summed E-state index contributed by atoms with van der Waals surface area (Å²) in [5.74, 6) is 0.327. The first-order valence-corrected chi connectivity index (χ1v) is 12.7. The molecule has 0 bridgehead atoms. The maximum atomic E-state index is 13.2. The van der Waals surface area contributed by atoms with Crippen molar-refractivity contribution in [2.45, 2.75) is 66.2 Å². The van der Waals surface area contributed by atoms with Gasteiger partial charge in [-0.05, 0) is 43.5 Å². The van der Waals surface area contributed by atoms with E-state index in [1.807, 2.05) is 68.4 Å². The lowest BCUT2D eigenvalue weighted by Crippen LogP contribution is -2.41. The van der Waals surface area contributed by atoms with Gasteiger partial charge in [0.1, 0.15) is 12.4 Å². The van der Waals surface area contributed by atoms with E-state index in [2.05, 4.69) is 38.3 Å². The van der Waals surface area contributed by atoms with Crippen LogP contribution in [0, 0.1) is 13.8 Å². The summed E-state index contributed by atoms with van der Waals surface area (Å²) in [6.45, 7) is 12.8. The molecule has 7 nitrogen and oxygen atoms in total. The van der Waals surface area contributed by atoms with E-state index in [0.29, 0.717) is 12.4 Å². The van der Waals surface area contributed by atoms with Crippen LogP contribution >= 0.6 is 0 Å². The molecule has 192 valence electrons. The van der Waals surface area contributed by atoms with Gasteiger partial charge in [-0.2, -0.15) is 5.10 Å². The Kier molecular flexibility index (Phi) is 8.91. The van der Waals surface area contributed by atoms with Gasteiger partial charge in [-0.3, -0.25) is 4.79 Å². The maximum absolute atomic E-state index is 13.2. The van der Waals surface area contributed by atoms with Crippen molar-refractivity contribution in [3.63, 3.8) is 0 Å². The number of hydrogen-bond donors (Lipinski definition) is 2. The summed E-state index contributed by atoms with van der Waals surface area (Å²) in [6, 6.07) is 17.2. The highest BCUT2D eigenvalue weighted by Crippen LogP contribution is 2.27. The molecule has 0 aliphatic heterocycles. The third-order valence-corrected chi connectivity index (χ3v) is 6.13. The Labute approximate surface area is 214 Å².